The van der Waals surface area contributed by atoms with Gasteiger partial charge in [-0.05, 0) is 48.0 Å². The lowest BCUT2D eigenvalue weighted by Gasteiger charge is -2.18. The maximum atomic E-state index is 12.8. The molecule has 5 nitrogen and oxygen atoms in total. The van der Waals surface area contributed by atoms with Crippen molar-refractivity contribution in [2.75, 3.05) is 11.8 Å². The van der Waals surface area contributed by atoms with E-state index in [1.165, 1.54) is 23.1 Å². The van der Waals surface area contributed by atoms with Crippen LogP contribution in [0.5, 0.6) is 0 Å². The molecule has 1 amide bonds. The van der Waals surface area contributed by atoms with Gasteiger partial charge in [-0.2, -0.15) is 0 Å². The number of carbonyl (C=O) groups excluding carboxylic acids is 1. The Morgan fingerprint density at radius 3 is 2.34 bits per heavy atom. The van der Waals surface area contributed by atoms with Crippen molar-refractivity contribution >= 4 is 44.8 Å². The van der Waals surface area contributed by atoms with Gasteiger partial charge in [-0.1, -0.05) is 53.5 Å². The summed E-state index contributed by atoms with van der Waals surface area (Å²) in [6.07, 6.45) is 0. The van der Waals surface area contributed by atoms with Crippen molar-refractivity contribution in [3.8, 4) is 0 Å². The first-order valence-electron chi connectivity index (χ1n) is 8.63. The minimum Gasteiger partial charge on any atom is -0.337 e. The van der Waals surface area contributed by atoms with Crippen LogP contribution in [0.1, 0.15) is 15.9 Å². The molecule has 0 atom stereocenters. The molecule has 29 heavy (non-hydrogen) atoms. The van der Waals surface area contributed by atoms with Crippen LogP contribution in [-0.2, 0) is 16.6 Å². The van der Waals surface area contributed by atoms with Gasteiger partial charge in [0.2, 0.25) is 0 Å². The molecule has 8 heteroatoms. The maximum absolute atomic E-state index is 12.8. The zero-order chi connectivity index (χ0) is 21.0. The molecule has 0 aliphatic carbocycles. The fraction of sp³-hybridized carbons (Fsp3) is 0.0952. The zero-order valence-corrected chi connectivity index (χ0v) is 17.8. The van der Waals surface area contributed by atoms with Gasteiger partial charge in [-0.15, -0.1) is 0 Å². The second-order valence-electron chi connectivity index (χ2n) is 6.40. The van der Waals surface area contributed by atoms with Crippen molar-refractivity contribution in [2.45, 2.75) is 11.4 Å². The summed E-state index contributed by atoms with van der Waals surface area (Å²) in [6, 6.07) is 19.6. The molecule has 0 unspecified atom stereocenters. The number of amides is 1. The topological polar surface area (TPSA) is 66.5 Å². The summed E-state index contributed by atoms with van der Waals surface area (Å²) in [5.74, 6) is -0.297. The normalized spacial score (nSPS) is 11.1. The molecule has 0 bridgehead atoms. The predicted molar refractivity (Wildman–Crippen MR) is 116 cm³/mol. The summed E-state index contributed by atoms with van der Waals surface area (Å²) in [4.78, 5) is 14.3. The molecule has 1 N–H and O–H groups in total. The molecule has 150 valence electrons. The molecule has 0 saturated heterocycles. The Morgan fingerprint density at radius 2 is 1.66 bits per heavy atom. The highest BCUT2D eigenvalue weighted by Gasteiger charge is 2.19. The highest BCUT2D eigenvalue weighted by Crippen LogP contribution is 2.24. The van der Waals surface area contributed by atoms with Crippen LogP contribution >= 0.6 is 23.2 Å². The third kappa shape index (κ3) is 5.29. The number of sulfonamides is 1. The van der Waals surface area contributed by atoms with Crippen LogP contribution in [0.2, 0.25) is 10.0 Å². The van der Waals surface area contributed by atoms with E-state index in [1.807, 2.05) is 12.1 Å². The molecule has 0 spiro atoms. The molecule has 0 aliphatic heterocycles. The van der Waals surface area contributed by atoms with Gasteiger partial charge in [-0.3, -0.25) is 9.52 Å². The molecule has 0 heterocycles. The van der Waals surface area contributed by atoms with Crippen LogP contribution in [0.3, 0.4) is 0 Å². The van der Waals surface area contributed by atoms with Crippen LogP contribution in [0.15, 0.2) is 77.7 Å². The van der Waals surface area contributed by atoms with Crippen molar-refractivity contribution in [1.29, 1.82) is 0 Å². The van der Waals surface area contributed by atoms with E-state index in [9.17, 15) is 13.2 Å². The number of nitrogens with zero attached hydrogens (tertiary/aromatic N) is 1. The van der Waals surface area contributed by atoms with Crippen molar-refractivity contribution in [2.24, 2.45) is 0 Å². The van der Waals surface area contributed by atoms with Crippen molar-refractivity contribution < 1.29 is 13.2 Å². The van der Waals surface area contributed by atoms with Crippen LogP contribution < -0.4 is 4.72 Å². The number of hydrogen-bond donors (Lipinski definition) is 1. The van der Waals surface area contributed by atoms with E-state index in [0.717, 1.165) is 5.56 Å². The Bertz CT molecular complexity index is 1130. The highest BCUT2D eigenvalue weighted by atomic mass is 35.5. The second-order valence-corrected chi connectivity index (χ2v) is 8.93. The predicted octanol–water partition coefficient (Wildman–Crippen LogP) is 5.07. The first-order valence-corrected chi connectivity index (χ1v) is 10.9. The van der Waals surface area contributed by atoms with E-state index in [0.29, 0.717) is 11.6 Å². The quantitative estimate of drug-likeness (QED) is 0.572. The minimum atomic E-state index is -3.90. The highest BCUT2D eigenvalue weighted by molar-refractivity contribution is 7.92. The number of hydrogen-bond acceptors (Lipinski definition) is 3. The standard InChI is InChI=1S/C21H18Cl2N2O3S/c1-25(14-15-9-11-17(22)12-10-15)21(26)16-5-4-6-18(13-16)29(27,28)24-20-8-3-2-7-19(20)23/h2-13,24H,14H2,1H3. The first kappa shape index (κ1) is 21.2. The van der Waals surface area contributed by atoms with E-state index < -0.39 is 10.0 Å². The fourth-order valence-corrected chi connectivity index (χ4v) is 4.19. The number of rotatable bonds is 6. The van der Waals surface area contributed by atoms with Crippen molar-refractivity contribution in [3.05, 3.63) is 94.0 Å². The number of benzene rings is 3. The van der Waals surface area contributed by atoms with Crippen molar-refractivity contribution in [3.63, 3.8) is 0 Å². The van der Waals surface area contributed by atoms with Gasteiger partial charge >= 0.3 is 0 Å². The number of nitrogens with one attached hydrogen (secondary N) is 1. The average molecular weight is 449 g/mol. The summed E-state index contributed by atoms with van der Waals surface area (Å²) < 4.78 is 27.9. The monoisotopic (exact) mass is 448 g/mol. The fourth-order valence-electron chi connectivity index (χ4n) is 2.70. The van der Waals surface area contributed by atoms with Crippen LogP contribution in [0.4, 0.5) is 5.69 Å². The lowest BCUT2D eigenvalue weighted by atomic mass is 10.1. The zero-order valence-electron chi connectivity index (χ0n) is 15.5. The molecule has 0 radical (unpaired) electrons. The van der Waals surface area contributed by atoms with Crippen LogP contribution in [-0.4, -0.2) is 26.3 Å². The van der Waals surface area contributed by atoms with Gasteiger partial charge < -0.3 is 4.90 Å². The SMILES string of the molecule is CN(Cc1ccc(Cl)cc1)C(=O)c1cccc(S(=O)(=O)Nc2ccccc2Cl)c1. The average Bonchev–Trinajstić information content (AvgIpc) is 2.71. The molecular weight excluding hydrogens is 431 g/mol. The lowest BCUT2D eigenvalue weighted by molar-refractivity contribution is 0.0785. The van der Waals surface area contributed by atoms with Crippen molar-refractivity contribution in [1.82, 2.24) is 4.90 Å². The largest absolute Gasteiger partial charge is 0.337 e. The summed E-state index contributed by atoms with van der Waals surface area (Å²) in [5, 5.41) is 0.901. The van der Waals surface area contributed by atoms with Gasteiger partial charge in [0.1, 0.15) is 0 Å². The van der Waals surface area contributed by atoms with E-state index in [1.54, 1.807) is 49.5 Å². The smallest absolute Gasteiger partial charge is 0.261 e. The Hall–Kier alpha value is -2.54. The van der Waals surface area contributed by atoms with Gasteiger partial charge in [0.15, 0.2) is 0 Å². The van der Waals surface area contributed by atoms with E-state index in [2.05, 4.69) is 4.72 Å². The van der Waals surface area contributed by atoms with Gasteiger partial charge in [-0.25, -0.2) is 8.42 Å². The van der Waals surface area contributed by atoms with Gasteiger partial charge in [0.05, 0.1) is 15.6 Å². The summed E-state index contributed by atoms with van der Waals surface area (Å²) in [6.45, 7) is 0.366. The Kier molecular flexibility index (Phi) is 6.47. The number of anilines is 1. The lowest BCUT2D eigenvalue weighted by Crippen LogP contribution is -2.26. The summed E-state index contributed by atoms with van der Waals surface area (Å²) >= 11 is 11.9. The Morgan fingerprint density at radius 1 is 0.966 bits per heavy atom. The number of halogens is 2. The number of para-hydroxylation sites is 1. The molecule has 0 aliphatic rings. The van der Waals surface area contributed by atoms with E-state index in [4.69, 9.17) is 23.2 Å². The molecular formula is C21H18Cl2N2O3S. The first-order chi connectivity index (χ1) is 13.8. The Balaban J connectivity index is 1.80. The molecule has 0 fully saturated rings. The maximum Gasteiger partial charge on any atom is 0.261 e. The van der Waals surface area contributed by atoms with E-state index >= 15 is 0 Å². The summed E-state index contributed by atoms with van der Waals surface area (Å²) in [7, 11) is -2.25. The van der Waals surface area contributed by atoms with Crippen LogP contribution in [0.25, 0.3) is 0 Å². The third-order valence-corrected chi connectivity index (χ3v) is 6.13. The van der Waals surface area contributed by atoms with Gasteiger partial charge in [0.25, 0.3) is 15.9 Å². The van der Waals surface area contributed by atoms with E-state index in [-0.39, 0.29) is 27.1 Å². The number of carbonyl (C=O) groups is 1. The second kappa shape index (κ2) is 8.86. The molecule has 3 aromatic rings. The minimum absolute atomic E-state index is 0.0248. The molecule has 0 aromatic heterocycles. The molecule has 3 rings (SSSR count). The molecule has 3 aromatic carbocycles. The van der Waals surface area contributed by atoms with Gasteiger partial charge in [0, 0.05) is 24.2 Å². The Labute approximate surface area is 179 Å². The van der Waals surface area contributed by atoms with Crippen LogP contribution in [0, 0.1) is 0 Å². The third-order valence-electron chi connectivity index (χ3n) is 4.19. The molecule has 0 saturated carbocycles. The summed E-state index contributed by atoms with van der Waals surface area (Å²) in [5.41, 5.74) is 1.45.